The molecule has 78 valence electrons. The van der Waals surface area contributed by atoms with Gasteiger partial charge < -0.3 is 10.3 Å². The lowest BCUT2D eigenvalue weighted by Gasteiger charge is -1.97. The second-order valence-corrected chi connectivity index (χ2v) is 4.97. The molecule has 0 unspecified atom stereocenters. The lowest BCUT2D eigenvalue weighted by molar-refractivity contribution is 0.675. The van der Waals surface area contributed by atoms with Crippen molar-refractivity contribution in [1.29, 1.82) is 0 Å². The third kappa shape index (κ3) is 1.60. The Kier molecular flexibility index (Phi) is 2.29. The van der Waals surface area contributed by atoms with Crippen LogP contribution < -0.4 is 5.32 Å². The smallest absolute Gasteiger partial charge is 0.0470 e. The number of rotatable bonds is 0. The molecule has 0 spiro atoms. The molecule has 3 heteroatoms. The maximum atomic E-state index is 3.51. The van der Waals surface area contributed by atoms with Crippen molar-refractivity contribution in [3.8, 4) is 0 Å². The summed E-state index contributed by atoms with van der Waals surface area (Å²) in [6.45, 7) is 2.10. The van der Waals surface area contributed by atoms with Gasteiger partial charge in [0.25, 0.3) is 0 Å². The summed E-state index contributed by atoms with van der Waals surface area (Å²) in [5.41, 5.74) is 4.11. The van der Waals surface area contributed by atoms with Crippen molar-refractivity contribution in [3.63, 3.8) is 0 Å². The standard InChI is InChI=1S/C12H13BrN2/c13-8-3-4-10-9-2-1-5-14-7-12(9)15-11(10)6-8/h3-4,6,14-15H,1-2,5,7H2. The van der Waals surface area contributed by atoms with Gasteiger partial charge in [-0.2, -0.15) is 0 Å². The van der Waals surface area contributed by atoms with Gasteiger partial charge in [-0.15, -0.1) is 0 Å². The van der Waals surface area contributed by atoms with Crippen molar-refractivity contribution in [2.45, 2.75) is 19.4 Å². The van der Waals surface area contributed by atoms with Crippen LogP contribution in [0.1, 0.15) is 17.7 Å². The van der Waals surface area contributed by atoms with E-state index in [9.17, 15) is 0 Å². The first kappa shape index (κ1) is 9.43. The van der Waals surface area contributed by atoms with Gasteiger partial charge in [-0.1, -0.05) is 22.0 Å². The molecule has 2 heterocycles. The Morgan fingerprint density at radius 1 is 1.27 bits per heavy atom. The van der Waals surface area contributed by atoms with E-state index in [1.54, 1.807) is 0 Å². The fourth-order valence-electron chi connectivity index (χ4n) is 2.32. The quantitative estimate of drug-likeness (QED) is 0.753. The summed E-state index contributed by atoms with van der Waals surface area (Å²) in [7, 11) is 0. The molecular weight excluding hydrogens is 252 g/mol. The number of fused-ring (bicyclic) bond motifs is 3. The molecule has 0 aliphatic carbocycles. The van der Waals surface area contributed by atoms with E-state index in [2.05, 4.69) is 44.4 Å². The number of hydrogen-bond acceptors (Lipinski definition) is 1. The van der Waals surface area contributed by atoms with Crippen LogP contribution in [0.3, 0.4) is 0 Å². The molecule has 2 N–H and O–H groups in total. The molecular formula is C12H13BrN2. The van der Waals surface area contributed by atoms with Gasteiger partial charge in [0.15, 0.2) is 0 Å². The molecule has 2 aromatic rings. The predicted octanol–water partition coefficient (Wildman–Crippen LogP) is 2.97. The lowest BCUT2D eigenvalue weighted by Crippen LogP contribution is -2.12. The zero-order valence-electron chi connectivity index (χ0n) is 8.44. The van der Waals surface area contributed by atoms with Crippen LogP contribution in [-0.4, -0.2) is 11.5 Å². The zero-order valence-corrected chi connectivity index (χ0v) is 10.0. The monoisotopic (exact) mass is 264 g/mol. The molecule has 0 fully saturated rings. The van der Waals surface area contributed by atoms with Crippen LogP contribution in [0.4, 0.5) is 0 Å². The third-order valence-corrected chi connectivity index (χ3v) is 3.53. The molecule has 0 bridgehead atoms. The van der Waals surface area contributed by atoms with Crippen molar-refractivity contribution in [2.75, 3.05) is 6.54 Å². The summed E-state index contributed by atoms with van der Waals surface area (Å²) >= 11 is 3.51. The van der Waals surface area contributed by atoms with E-state index in [0.717, 1.165) is 17.6 Å². The Balaban J connectivity index is 2.23. The van der Waals surface area contributed by atoms with E-state index in [1.165, 1.54) is 35.0 Å². The molecule has 0 saturated heterocycles. The predicted molar refractivity (Wildman–Crippen MR) is 66.0 cm³/mol. The van der Waals surface area contributed by atoms with Crippen molar-refractivity contribution < 1.29 is 0 Å². The van der Waals surface area contributed by atoms with Crippen LogP contribution in [0, 0.1) is 0 Å². The molecule has 1 aliphatic heterocycles. The molecule has 0 atom stereocenters. The summed E-state index contributed by atoms with van der Waals surface area (Å²) in [4.78, 5) is 3.50. The summed E-state index contributed by atoms with van der Waals surface area (Å²) in [6, 6.07) is 6.48. The van der Waals surface area contributed by atoms with Crippen molar-refractivity contribution >= 4 is 26.8 Å². The molecule has 0 radical (unpaired) electrons. The van der Waals surface area contributed by atoms with Gasteiger partial charge in [0.05, 0.1) is 0 Å². The second-order valence-electron chi connectivity index (χ2n) is 4.05. The van der Waals surface area contributed by atoms with Gasteiger partial charge in [0, 0.05) is 27.6 Å². The van der Waals surface area contributed by atoms with E-state index in [4.69, 9.17) is 0 Å². The summed E-state index contributed by atoms with van der Waals surface area (Å²) in [5.74, 6) is 0. The first-order chi connectivity index (χ1) is 7.34. The first-order valence-electron chi connectivity index (χ1n) is 5.34. The average Bonchev–Trinajstić information content (AvgIpc) is 2.42. The highest BCUT2D eigenvalue weighted by atomic mass is 79.9. The first-order valence-corrected chi connectivity index (χ1v) is 6.13. The number of aromatic amines is 1. The minimum Gasteiger partial charge on any atom is -0.357 e. The maximum Gasteiger partial charge on any atom is 0.0470 e. The van der Waals surface area contributed by atoms with Crippen LogP contribution in [-0.2, 0) is 13.0 Å². The molecule has 0 saturated carbocycles. The third-order valence-electron chi connectivity index (χ3n) is 3.04. The largest absolute Gasteiger partial charge is 0.357 e. The molecule has 3 rings (SSSR count). The van der Waals surface area contributed by atoms with Gasteiger partial charge >= 0.3 is 0 Å². The number of H-pyrrole nitrogens is 1. The number of halogens is 1. The highest BCUT2D eigenvalue weighted by Crippen LogP contribution is 2.27. The second kappa shape index (κ2) is 3.65. The Morgan fingerprint density at radius 3 is 3.13 bits per heavy atom. The van der Waals surface area contributed by atoms with Crippen molar-refractivity contribution in [3.05, 3.63) is 33.9 Å². The number of benzene rings is 1. The fraction of sp³-hybridized carbons (Fsp3) is 0.333. The van der Waals surface area contributed by atoms with Gasteiger partial charge in [-0.25, -0.2) is 0 Å². The van der Waals surface area contributed by atoms with Gasteiger partial charge in [0.1, 0.15) is 0 Å². The van der Waals surface area contributed by atoms with E-state index < -0.39 is 0 Å². The molecule has 1 aromatic carbocycles. The van der Waals surface area contributed by atoms with Crippen LogP contribution in [0.25, 0.3) is 10.9 Å². The Bertz CT molecular complexity index is 502. The van der Waals surface area contributed by atoms with Gasteiger partial charge in [-0.3, -0.25) is 0 Å². The highest BCUT2D eigenvalue weighted by Gasteiger charge is 2.13. The van der Waals surface area contributed by atoms with E-state index in [1.807, 2.05) is 0 Å². The Morgan fingerprint density at radius 2 is 2.20 bits per heavy atom. The maximum absolute atomic E-state index is 3.51. The van der Waals surface area contributed by atoms with Crippen LogP contribution in [0.2, 0.25) is 0 Å². The summed E-state index contributed by atoms with van der Waals surface area (Å²) in [5, 5.41) is 4.82. The van der Waals surface area contributed by atoms with Gasteiger partial charge in [-0.05, 0) is 37.1 Å². The van der Waals surface area contributed by atoms with Crippen LogP contribution in [0.5, 0.6) is 0 Å². The fourth-order valence-corrected chi connectivity index (χ4v) is 2.68. The molecule has 0 amide bonds. The van der Waals surface area contributed by atoms with Crippen LogP contribution in [0.15, 0.2) is 22.7 Å². The van der Waals surface area contributed by atoms with E-state index >= 15 is 0 Å². The van der Waals surface area contributed by atoms with Crippen LogP contribution >= 0.6 is 15.9 Å². The summed E-state index contributed by atoms with van der Waals surface area (Å²) in [6.07, 6.45) is 2.42. The number of nitrogens with one attached hydrogen (secondary N) is 2. The number of aryl methyl sites for hydroxylation is 1. The zero-order chi connectivity index (χ0) is 10.3. The molecule has 1 aliphatic rings. The molecule has 15 heavy (non-hydrogen) atoms. The van der Waals surface area contributed by atoms with Crippen molar-refractivity contribution in [2.24, 2.45) is 0 Å². The van der Waals surface area contributed by atoms with E-state index in [-0.39, 0.29) is 0 Å². The summed E-state index contributed by atoms with van der Waals surface area (Å²) < 4.78 is 1.14. The SMILES string of the molecule is Brc1ccc2c3c([nH]c2c1)CNCCC3. The Hall–Kier alpha value is -0.800. The van der Waals surface area contributed by atoms with Crippen molar-refractivity contribution in [1.82, 2.24) is 10.3 Å². The number of aromatic nitrogens is 1. The van der Waals surface area contributed by atoms with E-state index in [0.29, 0.717) is 0 Å². The molecule has 2 nitrogen and oxygen atoms in total. The lowest BCUT2D eigenvalue weighted by atomic mass is 10.1. The molecule has 1 aromatic heterocycles. The highest BCUT2D eigenvalue weighted by molar-refractivity contribution is 9.10. The normalized spacial score (nSPS) is 16.3. The Labute approximate surface area is 97.2 Å². The number of hydrogen-bond donors (Lipinski definition) is 2. The minimum atomic E-state index is 0.974. The average molecular weight is 265 g/mol. The van der Waals surface area contributed by atoms with Gasteiger partial charge in [0.2, 0.25) is 0 Å². The topological polar surface area (TPSA) is 27.8 Å². The minimum absolute atomic E-state index is 0.974.